The zero-order valence-corrected chi connectivity index (χ0v) is 20.0. The van der Waals surface area contributed by atoms with Crippen molar-refractivity contribution in [1.29, 1.82) is 0 Å². The number of amides is 4. The van der Waals surface area contributed by atoms with Crippen LogP contribution in [0.2, 0.25) is 0 Å². The van der Waals surface area contributed by atoms with Crippen LogP contribution in [0.15, 0.2) is 40.4 Å². The quantitative estimate of drug-likeness (QED) is 0.430. The number of imide groups is 2. The highest BCUT2D eigenvalue weighted by molar-refractivity contribution is 9.10. The van der Waals surface area contributed by atoms with E-state index in [1.54, 1.807) is 25.1 Å². The molecule has 1 aliphatic rings. The van der Waals surface area contributed by atoms with Gasteiger partial charge < -0.3 is 9.47 Å². The molecule has 2 aromatic carbocycles. The van der Waals surface area contributed by atoms with E-state index < -0.39 is 17.8 Å². The molecule has 0 bridgehead atoms. The van der Waals surface area contributed by atoms with Crippen LogP contribution in [-0.2, 0) is 9.59 Å². The summed E-state index contributed by atoms with van der Waals surface area (Å²) in [5.74, 6) is -0.384. The molecule has 8 heteroatoms. The molecule has 1 heterocycles. The molecule has 0 spiro atoms. The van der Waals surface area contributed by atoms with Crippen molar-refractivity contribution < 1.29 is 23.9 Å². The number of aryl methyl sites for hydroxylation is 2. The van der Waals surface area contributed by atoms with Gasteiger partial charge in [-0.1, -0.05) is 19.1 Å². The molecule has 7 nitrogen and oxygen atoms in total. The number of hydrogen-bond acceptors (Lipinski definition) is 5. The summed E-state index contributed by atoms with van der Waals surface area (Å²) < 4.78 is 12.1. The largest absolute Gasteiger partial charge is 0.490 e. The Bertz CT molecular complexity index is 1110. The third-order valence-electron chi connectivity index (χ3n) is 4.80. The van der Waals surface area contributed by atoms with E-state index in [9.17, 15) is 14.4 Å². The highest BCUT2D eigenvalue weighted by Crippen LogP contribution is 2.38. The van der Waals surface area contributed by atoms with Gasteiger partial charge in [-0.2, -0.15) is 0 Å². The third-order valence-corrected chi connectivity index (χ3v) is 5.39. The molecule has 0 atom stereocenters. The summed E-state index contributed by atoms with van der Waals surface area (Å²) in [6, 6.07) is 8.12. The van der Waals surface area contributed by atoms with Crippen LogP contribution in [0.1, 0.15) is 37.0 Å². The van der Waals surface area contributed by atoms with Gasteiger partial charge in [-0.3, -0.25) is 14.9 Å². The van der Waals surface area contributed by atoms with Crippen molar-refractivity contribution in [3.8, 4) is 11.5 Å². The van der Waals surface area contributed by atoms with E-state index in [0.29, 0.717) is 40.4 Å². The standard InChI is InChI=1S/C24H25BrN2O5/c1-5-9-32-21-18(25)12-16(13-20(21)31-6-2)11-17-22(28)26-24(30)27(23(17)29)19-10-14(3)7-8-15(19)4/h7-8,10-13H,5-6,9H2,1-4H3,(H,26,28,30)/b17-11+. The van der Waals surface area contributed by atoms with Gasteiger partial charge in [-0.25, -0.2) is 9.69 Å². The van der Waals surface area contributed by atoms with Crippen LogP contribution in [0.4, 0.5) is 10.5 Å². The fourth-order valence-electron chi connectivity index (χ4n) is 3.28. The molecule has 1 aliphatic heterocycles. The van der Waals surface area contributed by atoms with Crippen molar-refractivity contribution in [3.63, 3.8) is 0 Å². The van der Waals surface area contributed by atoms with Crippen molar-refractivity contribution in [2.75, 3.05) is 18.1 Å². The van der Waals surface area contributed by atoms with Gasteiger partial charge in [0.05, 0.1) is 23.4 Å². The number of barbiturate groups is 1. The summed E-state index contributed by atoms with van der Waals surface area (Å²) in [4.78, 5) is 39.3. The second-order valence-corrected chi connectivity index (χ2v) is 8.21. The molecule has 0 unspecified atom stereocenters. The summed E-state index contributed by atoms with van der Waals surface area (Å²) in [7, 11) is 0. The maximum Gasteiger partial charge on any atom is 0.335 e. The van der Waals surface area contributed by atoms with Crippen molar-refractivity contribution >= 4 is 45.5 Å². The number of rotatable bonds is 7. The van der Waals surface area contributed by atoms with E-state index in [1.807, 2.05) is 32.9 Å². The fraction of sp³-hybridized carbons (Fsp3) is 0.292. The van der Waals surface area contributed by atoms with Gasteiger partial charge in [-0.15, -0.1) is 0 Å². The number of anilines is 1. The first-order valence-electron chi connectivity index (χ1n) is 10.3. The number of halogens is 1. The number of ether oxygens (including phenoxy) is 2. The Hall–Kier alpha value is -3.13. The minimum absolute atomic E-state index is 0.151. The summed E-state index contributed by atoms with van der Waals surface area (Å²) in [6.07, 6.45) is 2.28. The van der Waals surface area contributed by atoms with Crippen molar-refractivity contribution in [3.05, 3.63) is 57.1 Å². The van der Waals surface area contributed by atoms with Crippen LogP contribution in [-0.4, -0.2) is 31.1 Å². The predicted molar refractivity (Wildman–Crippen MR) is 126 cm³/mol. The second kappa shape index (κ2) is 9.99. The van der Waals surface area contributed by atoms with Crippen LogP contribution >= 0.6 is 15.9 Å². The monoisotopic (exact) mass is 500 g/mol. The Morgan fingerprint density at radius 1 is 1.06 bits per heavy atom. The SMILES string of the molecule is CCCOc1c(Br)cc(/C=C2\C(=O)NC(=O)N(c3cc(C)ccc3C)C2=O)cc1OCC. The van der Waals surface area contributed by atoms with Gasteiger partial charge in [0.25, 0.3) is 11.8 Å². The molecule has 2 aromatic rings. The number of nitrogens with one attached hydrogen (secondary N) is 1. The number of urea groups is 1. The van der Waals surface area contributed by atoms with Gasteiger partial charge >= 0.3 is 6.03 Å². The normalized spacial score (nSPS) is 15.2. The summed E-state index contributed by atoms with van der Waals surface area (Å²) >= 11 is 3.48. The molecule has 0 saturated carbocycles. The fourth-order valence-corrected chi connectivity index (χ4v) is 3.86. The Labute approximate surface area is 195 Å². The second-order valence-electron chi connectivity index (χ2n) is 7.36. The Morgan fingerprint density at radius 3 is 2.50 bits per heavy atom. The van der Waals surface area contributed by atoms with Gasteiger partial charge in [0.1, 0.15) is 5.57 Å². The minimum Gasteiger partial charge on any atom is -0.490 e. The lowest BCUT2D eigenvalue weighted by Gasteiger charge is -2.28. The van der Waals surface area contributed by atoms with Crippen LogP contribution < -0.4 is 19.7 Å². The van der Waals surface area contributed by atoms with Crippen LogP contribution in [0.3, 0.4) is 0 Å². The lowest BCUT2D eigenvalue weighted by molar-refractivity contribution is -0.122. The van der Waals surface area contributed by atoms with Gasteiger partial charge in [-0.05, 0) is 84.1 Å². The van der Waals surface area contributed by atoms with Gasteiger partial charge in [0, 0.05) is 0 Å². The molecule has 168 valence electrons. The van der Waals surface area contributed by atoms with E-state index in [4.69, 9.17) is 9.47 Å². The highest BCUT2D eigenvalue weighted by atomic mass is 79.9. The maximum atomic E-state index is 13.2. The average molecular weight is 501 g/mol. The highest BCUT2D eigenvalue weighted by Gasteiger charge is 2.37. The molecule has 1 saturated heterocycles. The van der Waals surface area contributed by atoms with E-state index in [0.717, 1.165) is 22.4 Å². The molecule has 1 N–H and O–H groups in total. The molecule has 0 aromatic heterocycles. The Morgan fingerprint density at radius 2 is 1.81 bits per heavy atom. The zero-order chi connectivity index (χ0) is 23.4. The summed E-state index contributed by atoms with van der Waals surface area (Å²) in [5, 5.41) is 2.26. The van der Waals surface area contributed by atoms with E-state index in [1.165, 1.54) is 6.08 Å². The van der Waals surface area contributed by atoms with E-state index in [-0.39, 0.29) is 5.57 Å². The molecule has 0 radical (unpaired) electrons. The van der Waals surface area contributed by atoms with Crippen LogP contribution in [0.5, 0.6) is 11.5 Å². The lowest BCUT2D eigenvalue weighted by Crippen LogP contribution is -2.54. The lowest BCUT2D eigenvalue weighted by atomic mass is 10.0. The number of carbonyl (C=O) groups excluding carboxylic acids is 3. The third kappa shape index (κ3) is 4.85. The number of nitrogens with zero attached hydrogens (tertiary/aromatic N) is 1. The molecule has 32 heavy (non-hydrogen) atoms. The van der Waals surface area contributed by atoms with Crippen LogP contribution in [0, 0.1) is 13.8 Å². The average Bonchev–Trinajstić information content (AvgIpc) is 2.73. The molecule has 3 rings (SSSR count). The molecule has 0 aliphatic carbocycles. The van der Waals surface area contributed by atoms with E-state index in [2.05, 4.69) is 21.2 Å². The Balaban J connectivity index is 2.05. The maximum absolute atomic E-state index is 13.2. The first-order chi connectivity index (χ1) is 15.3. The first kappa shape index (κ1) is 23.5. The Kier molecular flexibility index (Phi) is 7.35. The molecule has 1 fully saturated rings. The first-order valence-corrected chi connectivity index (χ1v) is 11.1. The number of hydrogen-bond donors (Lipinski definition) is 1. The van der Waals surface area contributed by atoms with Gasteiger partial charge in [0.15, 0.2) is 11.5 Å². The van der Waals surface area contributed by atoms with Crippen molar-refractivity contribution in [2.24, 2.45) is 0 Å². The van der Waals surface area contributed by atoms with Gasteiger partial charge in [0.2, 0.25) is 0 Å². The van der Waals surface area contributed by atoms with Crippen molar-refractivity contribution in [2.45, 2.75) is 34.1 Å². The smallest absolute Gasteiger partial charge is 0.335 e. The van der Waals surface area contributed by atoms with Crippen molar-refractivity contribution in [1.82, 2.24) is 5.32 Å². The predicted octanol–water partition coefficient (Wildman–Crippen LogP) is 4.92. The molecule has 4 amide bonds. The molecular formula is C24H25BrN2O5. The topological polar surface area (TPSA) is 84.9 Å². The van der Waals surface area contributed by atoms with Crippen LogP contribution in [0.25, 0.3) is 6.08 Å². The number of carbonyl (C=O) groups is 3. The zero-order valence-electron chi connectivity index (χ0n) is 18.5. The number of benzene rings is 2. The van der Waals surface area contributed by atoms with E-state index >= 15 is 0 Å². The summed E-state index contributed by atoms with van der Waals surface area (Å²) in [6.45, 7) is 8.47. The summed E-state index contributed by atoms with van der Waals surface area (Å²) in [5.41, 5.74) is 2.47. The minimum atomic E-state index is -0.773. The molecular weight excluding hydrogens is 476 g/mol.